The van der Waals surface area contributed by atoms with E-state index in [9.17, 15) is 9.59 Å². The maximum atomic E-state index is 12.7. The number of likely N-dealkylation sites (tertiary alicyclic amines) is 1. The fraction of sp³-hybridized carbons (Fsp3) is 0.357. The maximum absolute atomic E-state index is 12.7. The summed E-state index contributed by atoms with van der Waals surface area (Å²) in [5.41, 5.74) is 1.37. The zero-order chi connectivity index (χ0) is 26.2. The number of anilines is 1. The van der Waals surface area contributed by atoms with Crippen molar-refractivity contribution in [3.63, 3.8) is 0 Å². The number of aromatic carboxylic acids is 1. The number of halogens is 1. The van der Waals surface area contributed by atoms with Crippen molar-refractivity contribution in [1.82, 2.24) is 4.90 Å². The molecule has 0 unspecified atom stereocenters. The number of carbonyl (C=O) groups excluding carboxylic acids is 1. The number of carbonyl (C=O) groups is 2. The number of benzene rings is 3. The molecule has 194 valence electrons. The minimum Gasteiger partial charge on any atom is -0.496 e. The largest absolute Gasteiger partial charge is 0.496 e. The third kappa shape index (κ3) is 4.91. The van der Waals surface area contributed by atoms with E-state index in [1.54, 1.807) is 24.1 Å². The smallest absolute Gasteiger partial charge is 0.415 e. The molecule has 1 N–H and O–H groups in total. The highest BCUT2D eigenvalue weighted by Gasteiger charge is 2.47. The Morgan fingerprint density at radius 3 is 2.49 bits per heavy atom. The van der Waals surface area contributed by atoms with Crippen molar-refractivity contribution in [3.05, 3.63) is 64.7 Å². The number of carboxylic acid groups (broad SMARTS) is 1. The number of hydrogen-bond acceptors (Lipinski definition) is 6. The fourth-order valence-corrected chi connectivity index (χ4v) is 5.47. The van der Waals surface area contributed by atoms with Gasteiger partial charge in [-0.1, -0.05) is 11.6 Å². The Bertz CT molecular complexity index is 1330. The van der Waals surface area contributed by atoms with Crippen molar-refractivity contribution in [3.8, 4) is 11.5 Å². The second-order valence-electron chi connectivity index (χ2n) is 9.46. The van der Waals surface area contributed by atoms with Crippen molar-refractivity contribution in [2.24, 2.45) is 0 Å². The van der Waals surface area contributed by atoms with E-state index in [0.717, 1.165) is 47.5 Å². The lowest BCUT2D eigenvalue weighted by molar-refractivity contribution is -0.000987. The van der Waals surface area contributed by atoms with Crippen LogP contribution in [0, 0.1) is 0 Å². The lowest BCUT2D eigenvalue weighted by Gasteiger charge is -2.37. The number of amides is 1. The normalized spacial score (nSPS) is 17.3. The summed E-state index contributed by atoms with van der Waals surface area (Å²) in [5.74, 6) is 0.483. The fourth-order valence-electron chi connectivity index (χ4n) is 5.22. The van der Waals surface area contributed by atoms with Crippen LogP contribution in [0.4, 0.5) is 10.5 Å². The maximum Gasteiger partial charge on any atom is 0.415 e. The van der Waals surface area contributed by atoms with Crippen molar-refractivity contribution in [1.29, 1.82) is 0 Å². The van der Waals surface area contributed by atoms with E-state index >= 15 is 0 Å². The number of piperidine rings is 1. The first-order chi connectivity index (χ1) is 17.8. The van der Waals surface area contributed by atoms with E-state index < -0.39 is 17.7 Å². The predicted molar refractivity (Wildman–Crippen MR) is 141 cm³/mol. The quantitative estimate of drug-likeness (QED) is 0.431. The van der Waals surface area contributed by atoms with Crippen LogP contribution in [0.1, 0.15) is 35.7 Å². The van der Waals surface area contributed by atoms with Crippen LogP contribution in [0.3, 0.4) is 0 Å². The molecule has 0 aliphatic carbocycles. The Hall–Kier alpha value is -3.49. The number of rotatable bonds is 7. The molecule has 0 radical (unpaired) electrons. The third-order valence-corrected chi connectivity index (χ3v) is 7.45. The molecule has 9 heteroatoms. The van der Waals surface area contributed by atoms with Crippen molar-refractivity contribution >= 4 is 40.1 Å². The first-order valence-corrected chi connectivity index (χ1v) is 12.7. The van der Waals surface area contributed by atoms with E-state index in [-0.39, 0.29) is 5.56 Å². The average Bonchev–Trinajstić information content (AvgIpc) is 3.21. The topological polar surface area (TPSA) is 88.5 Å². The summed E-state index contributed by atoms with van der Waals surface area (Å²) in [4.78, 5) is 27.8. The summed E-state index contributed by atoms with van der Waals surface area (Å²) in [7, 11) is 1.65. The molecule has 2 aliphatic rings. The number of hydrogen-bond donors (Lipinski definition) is 1. The molecule has 0 bridgehead atoms. The SMILES string of the molecule is CCOc1cc(CN2CCC3(CC2)CN(c2ccc(C(=O)O)cc2)C(=O)O3)cc2c(OC)ccc(Cl)c12. The highest BCUT2D eigenvalue weighted by Crippen LogP contribution is 2.40. The van der Waals surface area contributed by atoms with Crippen LogP contribution < -0.4 is 14.4 Å². The average molecular weight is 525 g/mol. The molecule has 1 amide bonds. The van der Waals surface area contributed by atoms with E-state index in [1.807, 2.05) is 25.1 Å². The highest BCUT2D eigenvalue weighted by molar-refractivity contribution is 6.36. The molecule has 2 saturated heterocycles. The molecule has 37 heavy (non-hydrogen) atoms. The Balaban J connectivity index is 1.29. The molecule has 1 spiro atoms. The van der Waals surface area contributed by atoms with Gasteiger partial charge in [0.15, 0.2) is 0 Å². The minimum atomic E-state index is -0.999. The second kappa shape index (κ2) is 10.1. The number of fused-ring (bicyclic) bond motifs is 1. The van der Waals surface area contributed by atoms with E-state index in [4.69, 9.17) is 30.9 Å². The monoisotopic (exact) mass is 524 g/mol. The van der Waals surface area contributed by atoms with Gasteiger partial charge in [0.1, 0.15) is 17.1 Å². The van der Waals surface area contributed by atoms with Gasteiger partial charge < -0.3 is 19.3 Å². The molecule has 3 aromatic rings. The van der Waals surface area contributed by atoms with Crippen molar-refractivity contribution < 1.29 is 28.9 Å². The summed E-state index contributed by atoms with van der Waals surface area (Å²) >= 11 is 6.51. The number of carboxylic acids is 1. The molecule has 0 saturated carbocycles. The van der Waals surface area contributed by atoms with Crippen molar-refractivity contribution in [2.75, 3.05) is 38.3 Å². The van der Waals surface area contributed by atoms with Gasteiger partial charge in [0.2, 0.25) is 0 Å². The number of methoxy groups -OCH3 is 1. The van der Waals surface area contributed by atoms with E-state index in [0.29, 0.717) is 36.7 Å². The van der Waals surface area contributed by atoms with E-state index in [1.165, 1.54) is 12.1 Å². The van der Waals surface area contributed by atoms with Crippen LogP contribution in [0.5, 0.6) is 11.5 Å². The van der Waals surface area contributed by atoms with Gasteiger partial charge in [-0.05, 0) is 61.0 Å². The second-order valence-corrected chi connectivity index (χ2v) is 9.87. The molecular formula is C28H29ClN2O6. The molecule has 5 rings (SSSR count). The van der Waals surface area contributed by atoms with Crippen LogP contribution >= 0.6 is 11.6 Å². The molecular weight excluding hydrogens is 496 g/mol. The van der Waals surface area contributed by atoms with Crippen LogP contribution in [0.2, 0.25) is 5.02 Å². The molecule has 2 fully saturated rings. The molecule has 8 nitrogen and oxygen atoms in total. The standard InChI is InChI=1S/C28H29ClN2O6/c1-3-36-24-15-18(14-21-23(35-2)9-8-22(29)25(21)24)16-30-12-10-28(11-13-30)17-31(27(34)37-28)20-6-4-19(5-7-20)26(32)33/h4-9,14-15H,3,10-13,16-17H2,1-2H3,(H,32,33). The van der Waals surface area contributed by atoms with Crippen LogP contribution in [-0.4, -0.2) is 61.0 Å². The molecule has 0 atom stereocenters. The van der Waals surface area contributed by atoms with Gasteiger partial charge in [-0.15, -0.1) is 0 Å². The van der Waals surface area contributed by atoms with Gasteiger partial charge in [-0.3, -0.25) is 9.80 Å². The van der Waals surface area contributed by atoms with Gasteiger partial charge in [-0.25, -0.2) is 9.59 Å². The van der Waals surface area contributed by atoms with Gasteiger partial charge in [0.25, 0.3) is 0 Å². The van der Waals surface area contributed by atoms with Gasteiger partial charge in [-0.2, -0.15) is 0 Å². The Kier molecular flexibility index (Phi) is 6.88. The van der Waals surface area contributed by atoms with E-state index in [2.05, 4.69) is 11.0 Å². The summed E-state index contributed by atoms with van der Waals surface area (Å²) in [5, 5.41) is 11.5. The predicted octanol–water partition coefficient (Wildman–Crippen LogP) is 5.59. The lowest BCUT2D eigenvalue weighted by Crippen LogP contribution is -2.46. The number of nitrogens with zero attached hydrogens (tertiary/aromatic N) is 2. The summed E-state index contributed by atoms with van der Waals surface area (Å²) < 4.78 is 17.4. The first-order valence-electron chi connectivity index (χ1n) is 12.3. The summed E-state index contributed by atoms with van der Waals surface area (Å²) in [6, 6.07) is 14.1. The molecule has 2 aliphatic heterocycles. The lowest BCUT2D eigenvalue weighted by atomic mass is 9.91. The first kappa shape index (κ1) is 25.2. The minimum absolute atomic E-state index is 0.181. The highest BCUT2D eigenvalue weighted by atomic mass is 35.5. The number of ether oxygens (including phenoxy) is 3. The van der Waals surface area contributed by atoms with Gasteiger partial charge >= 0.3 is 12.1 Å². The Labute approximate surface area is 220 Å². The Morgan fingerprint density at radius 2 is 1.84 bits per heavy atom. The van der Waals surface area contributed by atoms with Crippen molar-refractivity contribution in [2.45, 2.75) is 31.9 Å². The zero-order valence-electron chi connectivity index (χ0n) is 20.8. The zero-order valence-corrected chi connectivity index (χ0v) is 21.6. The van der Waals surface area contributed by atoms with Gasteiger partial charge in [0, 0.05) is 48.9 Å². The third-order valence-electron chi connectivity index (χ3n) is 7.14. The van der Waals surface area contributed by atoms with Crippen LogP contribution in [-0.2, 0) is 11.3 Å². The van der Waals surface area contributed by atoms with Crippen LogP contribution in [0.15, 0.2) is 48.5 Å². The molecule has 2 heterocycles. The van der Waals surface area contributed by atoms with Gasteiger partial charge in [0.05, 0.1) is 30.8 Å². The molecule has 0 aromatic heterocycles. The Morgan fingerprint density at radius 1 is 1.11 bits per heavy atom. The summed E-state index contributed by atoms with van der Waals surface area (Å²) in [6.07, 6.45) is 1.03. The summed E-state index contributed by atoms with van der Waals surface area (Å²) in [6.45, 7) is 5.19. The molecule has 3 aromatic carbocycles. The van der Waals surface area contributed by atoms with Crippen LogP contribution in [0.25, 0.3) is 10.8 Å².